The van der Waals surface area contributed by atoms with Crippen LogP contribution in [0.4, 0.5) is 4.79 Å². The van der Waals surface area contributed by atoms with Crippen LogP contribution >= 0.6 is 0 Å². The molecule has 1 atom stereocenters. The van der Waals surface area contributed by atoms with Crippen LogP contribution in [0.1, 0.15) is 41.0 Å². The van der Waals surface area contributed by atoms with Gasteiger partial charge < -0.3 is 15.4 Å². The average molecular weight is 228 g/mol. The van der Waals surface area contributed by atoms with E-state index in [-0.39, 0.29) is 17.6 Å². The normalized spacial score (nSPS) is 25.4. The Morgan fingerprint density at radius 1 is 1.44 bits per heavy atom. The Labute approximate surface area is 98.1 Å². The molecule has 4 heteroatoms. The monoisotopic (exact) mass is 228 g/mol. The minimum Gasteiger partial charge on any atom is -0.444 e. The Hall–Kier alpha value is -0.770. The second-order valence-electron chi connectivity index (χ2n) is 6.27. The lowest BCUT2D eigenvalue weighted by Gasteiger charge is -2.42. The van der Waals surface area contributed by atoms with Gasteiger partial charge in [-0.3, -0.25) is 0 Å². The summed E-state index contributed by atoms with van der Waals surface area (Å²) in [5.74, 6) is 0. The molecule has 1 heterocycles. The van der Waals surface area contributed by atoms with Crippen molar-refractivity contribution in [2.75, 3.05) is 13.1 Å². The first-order valence-electron chi connectivity index (χ1n) is 5.85. The fourth-order valence-corrected chi connectivity index (χ4v) is 1.68. The molecule has 0 radical (unpaired) electrons. The van der Waals surface area contributed by atoms with Crippen LogP contribution in [0.2, 0.25) is 0 Å². The molecule has 1 unspecified atom stereocenters. The predicted octanol–water partition coefficient (Wildman–Crippen LogP) is 1.98. The molecule has 1 fully saturated rings. The van der Waals surface area contributed by atoms with Gasteiger partial charge in [0.1, 0.15) is 5.60 Å². The Kier molecular flexibility index (Phi) is 3.53. The third kappa shape index (κ3) is 3.37. The molecule has 0 aromatic heterocycles. The zero-order chi connectivity index (χ0) is 12.6. The van der Waals surface area contributed by atoms with Crippen LogP contribution in [0.3, 0.4) is 0 Å². The number of nitrogens with zero attached hydrogens (tertiary/aromatic N) is 1. The fourth-order valence-electron chi connectivity index (χ4n) is 1.68. The Morgan fingerprint density at radius 2 is 2.00 bits per heavy atom. The summed E-state index contributed by atoms with van der Waals surface area (Å²) in [6, 6.07) is 0.0220. The van der Waals surface area contributed by atoms with Crippen molar-refractivity contribution >= 4 is 6.09 Å². The number of nitrogens with two attached hydrogens (primary N) is 1. The summed E-state index contributed by atoms with van der Waals surface area (Å²) < 4.78 is 5.33. The third-order valence-electron chi connectivity index (χ3n) is 3.10. The molecule has 0 bridgehead atoms. The number of rotatable bonds is 0. The SMILES string of the molecule is CC(C)(C)OC(=O)N1CCC(C)(C)C(N)C1. The first kappa shape index (κ1) is 13.3. The number of hydrogen-bond donors (Lipinski definition) is 1. The minimum absolute atomic E-state index is 0.0220. The van der Waals surface area contributed by atoms with Gasteiger partial charge in [0, 0.05) is 19.1 Å². The molecule has 0 spiro atoms. The van der Waals surface area contributed by atoms with Crippen molar-refractivity contribution in [1.29, 1.82) is 0 Å². The number of piperidine rings is 1. The molecule has 1 aliphatic rings. The van der Waals surface area contributed by atoms with E-state index in [1.54, 1.807) is 4.90 Å². The van der Waals surface area contributed by atoms with Gasteiger partial charge in [0.05, 0.1) is 0 Å². The Bertz CT molecular complexity index is 269. The molecule has 4 nitrogen and oxygen atoms in total. The lowest BCUT2D eigenvalue weighted by atomic mass is 9.79. The van der Waals surface area contributed by atoms with Crippen LogP contribution in [-0.4, -0.2) is 35.7 Å². The van der Waals surface area contributed by atoms with Crippen LogP contribution in [0.5, 0.6) is 0 Å². The second-order valence-corrected chi connectivity index (χ2v) is 6.27. The first-order valence-corrected chi connectivity index (χ1v) is 5.85. The second kappa shape index (κ2) is 4.24. The molecule has 2 N–H and O–H groups in total. The molecule has 0 aromatic rings. The zero-order valence-electron chi connectivity index (χ0n) is 11.0. The van der Waals surface area contributed by atoms with Crippen molar-refractivity contribution in [3.8, 4) is 0 Å². The smallest absolute Gasteiger partial charge is 0.410 e. The fraction of sp³-hybridized carbons (Fsp3) is 0.917. The van der Waals surface area contributed by atoms with Gasteiger partial charge in [0.2, 0.25) is 0 Å². The molecule has 0 aromatic carbocycles. The third-order valence-corrected chi connectivity index (χ3v) is 3.10. The molecular formula is C12H24N2O2. The van der Waals surface area contributed by atoms with Gasteiger partial charge in [-0.1, -0.05) is 13.8 Å². The molecule has 1 aliphatic heterocycles. The number of carbonyl (C=O) groups is 1. The van der Waals surface area contributed by atoms with Crippen LogP contribution in [0.25, 0.3) is 0 Å². The summed E-state index contributed by atoms with van der Waals surface area (Å²) in [4.78, 5) is 13.5. The van der Waals surface area contributed by atoms with E-state index < -0.39 is 5.60 Å². The van der Waals surface area contributed by atoms with Gasteiger partial charge in [0.15, 0.2) is 0 Å². The van der Waals surface area contributed by atoms with Gasteiger partial charge in [0.25, 0.3) is 0 Å². The first-order chi connectivity index (χ1) is 7.12. The van der Waals surface area contributed by atoms with E-state index in [0.29, 0.717) is 6.54 Å². The lowest BCUT2D eigenvalue weighted by molar-refractivity contribution is 0.00948. The van der Waals surface area contributed by atoms with Crippen LogP contribution in [0, 0.1) is 5.41 Å². The molecule has 0 saturated carbocycles. The van der Waals surface area contributed by atoms with Gasteiger partial charge in [-0.05, 0) is 32.6 Å². The molecule has 16 heavy (non-hydrogen) atoms. The van der Waals surface area contributed by atoms with E-state index in [0.717, 1.165) is 13.0 Å². The van der Waals surface area contributed by atoms with Gasteiger partial charge >= 0.3 is 6.09 Å². The predicted molar refractivity (Wildman–Crippen MR) is 64.2 cm³/mol. The highest BCUT2D eigenvalue weighted by Gasteiger charge is 2.36. The largest absolute Gasteiger partial charge is 0.444 e. The lowest BCUT2D eigenvalue weighted by Crippen LogP contribution is -2.55. The summed E-state index contributed by atoms with van der Waals surface area (Å²) in [6.45, 7) is 11.2. The van der Waals surface area contributed by atoms with Crippen LogP contribution in [0.15, 0.2) is 0 Å². The van der Waals surface area contributed by atoms with Crippen molar-refractivity contribution in [2.24, 2.45) is 11.1 Å². The highest BCUT2D eigenvalue weighted by molar-refractivity contribution is 5.68. The van der Waals surface area contributed by atoms with Crippen molar-refractivity contribution in [3.63, 3.8) is 0 Å². The van der Waals surface area contributed by atoms with E-state index in [2.05, 4.69) is 13.8 Å². The van der Waals surface area contributed by atoms with Crippen molar-refractivity contribution in [1.82, 2.24) is 4.90 Å². The Balaban J connectivity index is 2.55. The number of carbonyl (C=O) groups excluding carboxylic acids is 1. The highest BCUT2D eigenvalue weighted by atomic mass is 16.6. The van der Waals surface area contributed by atoms with E-state index in [9.17, 15) is 4.79 Å². The minimum atomic E-state index is -0.436. The van der Waals surface area contributed by atoms with Gasteiger partial charge in [-0.15, -0.1) is 0 Å². The van der Waals surface area contributed by atoms with Crippen molar-refractivity contribution in [2.45, 2.75) is 52.7 Å². The molecule has 94 valence electrons. The maximum atomic E-state index is 11.8. The van der Waals surface area contributed by atoms with E-state index in [1.165, 1.54) is 0 Å². The quantitative estimate of drug-likeness (QED) is 0.689. The maximum Gasteiger partial charge on any atom is 0.410 e. The van der Waals surface area contributed by atoms with E-state index in [1.807, 2.05) is 20.8 Å². The summed E-state index contributed by atoms with van der Waals surface area (Å²) in [6.07, 6.45) is 0.673. The number of amides is 1. The highest BCUT2D eigenvalue weighted by Crippen LogP contribution is 2.29. The molecular weight excluding hydrogens is 204 g/mol. The number of ether oxygens (including phenoxy) is 1. The van der Waals surface area contributed by atoms with Gasteiger partial charge in [-0.2, -0.15) is 0 Å². The molecule has 1 rings (SSSR count). The van der Waals surface area contributed by atoms with Crippen molar-refractivity contribution in [3.05, 3.63) is 0 Å². The zero-order valence-corrected chi connectivity index (χ0v) is 11.0. The summed E-state index contributed by atoms with van der Waals surface area (Å²) in [7, 11) is 0. The van der Waals surface area contributed by atoms with Crippen LogP contribution < -0.4 is 5.73 Å². The van der Waals surface area contributed by atoms with Crippen LogP contribution in [-0.2, 0) is 4.74 Å². The number of hydrogen-bond acceptors (Lipinski definition) is 3. The van der Waals surface area contributed by atoms with Gasteiger partial charge in [-0.25, -0.2) is 4.79 Å². The summed E-state index contributed by atoms with van der Waals surface area (Å²) in [5.41, 5.74) is 5.73. The molecule has 1 amide bonds. The standard InChI is InChI=1S/C12H24N2O2/c1-11(2,3)16-10(15)14-7-6-12(4,5)9(13)8-14/h9H,6-8,13H2,1-5H3. The molecule has 1 saturated heterocycles. The van der Waals surface area contributed by atoms with E-state index >= 15 is 0 Å². The van der Waals surface area contributed by atoms with E-state index in [4.69, 9.17) is 10.5 Å². The maximum absolute atomic E-state index is 11.8. The average Bonchev–Trinajstić information content (AvgIpc) is 2.06. The van der Waals surface area contributed by atoms with Crippen molar-refractivity contribution < 1.29 is 9.53 Å². The summed E-state index contributed by atoms with van der Waals surface area (Å²) >= 11 is 0. The number of likely N-dealkylation sites (tertiary alicyclic amines) is 1. The molecule has 0 aliphatic carbocycles. The summed E-state index contributed by atoms with van der Waals surface area (Å²) in [5, 5.41) is 0. The topological polar surface area (TPSA) is 55.6 Å². The Morgan fingerprint density at radius 3 is 2.44 bits per heavy atom.